The summed E-state index contributed by atoms with van der Waals surface area (Å²) in [6, 6.07) is 4.59. The summed E-state index contributed by atoms with van der Waals surface area (Å²) in [5.41, 5.74) is -0.855. The first-order valence-electron chi connectivity index (χ1n) is 11.5. The Morgan fingerprint density at radius 3 is 2.71 bits per heavy atom. The molecule has 4 aromatic rings. The molecule has 180 valence electrons. The zero-order valence-electron chi connectivity index (χ0n) is 18.7. The number of nitriles is 1. The Morgan fingerprint density at radius 1 is 1.23 bits per heavy atom. The molecule has 0 amide bonds. The fraction of sp³-hybridized carbons (Fsp3) is 0.435. The van der Waals surface area contributed by atoms with Gasteiger partial charge in [-0.2, -0.15) is 10.2 Å². The average molecular weight is 479 g/mol. The summed E-state index contributed by atoms with van der Waals surface area (Å²) < 4.78 is 22.7. The Balaban J connectivity index is 1.51. The molecular weight excluding hydrogens is 457 g/mol. The van der Waals surface area contributed by atoms with Crippen molar-refractivity contribution in [1.82, 2.24) is 29.0 Å². The van der Waals surface area contributed by atoms with Crippen molar-refractivity contribution < 1.29 is 19.1 Å². The number of fused-ring (bicyclic) bond motifs is 3. The summed E-state index contributed by atoms with van der Waals surface area (Å²) >= 11 is 0. The number of piperidine rings is 1. The van der Waals surface area contributed by atoms with E-state index >= 15 is 0 Å². The molecule has 2 N–H and O–H groups in total. The molecule has 35 heavy (non-hydrogen) atoms. The second kappa shape index (κ2) is 7.94. The van der Waals surface area contributed by atoms with E-state index in [0.717, 1.165) is 0 Å². The molecule has 0 atom stereocenters. The van der Waals surface area contributed by atoms with E-state index in [9.17, 15) is 24.7 Å². The van der Waals surface area contributed by atoms with Gasteiger partial charge >= 0.3 is 0 Å². The zero-order chi connectivity index (χ0) is 24.3. The summed E-state index contributed by atoms with van der Waals surface area (Å²) in [7, 11) is 0. The highest BCUT2D eigenvalue weighted by Crippen LogP contribution is 2.44. The third-order valence-electron chi connectivity index (χ3n) is 6.92. The van der Waals surface area contributed by atoms with Crippen LogP contribution in [0.25, 0.3) is 28.1 Å². The number of rotatable bonds is 5. The van der Waals surface area contributed by atoms with Crippen molar-refractivity contribution in [3.05, 3.63) is 46.1 Å². The summed E-state index contributed by atoms with van der Waals surface area (Å²) in [5, 5.41) is 33.7. The molecule has 1 saturated heterocycles. The molecule has 3 aromatic heterocycles. The third kappa shape index (κ3) is 3.51. The smallest absolute Gasteiger partial charge is 0.277 e. The number of hydrogen-bond acceptors (Lipinski definition) is 9. The van der Waals surface area contributed by atoms with E-state index in [1.54, 1.807) is 0 Å². The third-order valence-corrected chi connectivity index (χ3v) is 6.92. The van der Waals surface area contributed by atoms with Crippen molar-refractivity contribution >= 4 is 16.6 Å². The molecular formula is C23H22FN7O4. The van der Waals surface area contributed by atoms with Gasteiger partial charge in [0.2, 0.25) is 5.82 Å². The van der Waals surface area contributed by atoms with E-state index in [1.165, 1.54) is 27.4 Å². The zero-order valence-corrected chi connectivity index (χ0v) is 18.7. The van der Waals surface area contributed by atoms with Crippen molar-refractivity contribution in [3.8, 4) is 17.6 Å². The number of halogens is 1. The monoisotopic (exact) mass is 479 g/mol. The molecule has 0 bridgehead atoms. The van der Waals surface area contributed by atoms with E-state index in [4.69, 9.17) is 4.52 Å². The van der Waals surface area contributed by atoms with Crippen molar-refractivity contribution in [2.75, 3.05) is 19.6 Å². The van der Waals surface area contributed by atoms with Gasteiger partial charge < -0.3 is 24.2 Å². The van der Waals surface area contributed by atoms with Gasteiger partial charge in [0.25, 0.3) is 11.4 Å². The van der Waals surface area contributed by atoms with Crippen LogP contribution in [0.3, 0.4) is 0 Å². The molecule has 0 unspecified atom stereocenters. The lowest BCUT2D eigenvalue weighted by Gasteiger charge is -2.29. The first-order valence-corrected chi connectivity index (χ1v) is 11.5. The molecule has 1 aromatic carbocycles. The van der Waals surface area contributed by atoms with Gasteiger partial charge in [-0.1, -0.05) is 5.16 Å². The first kappa shape index (κ1) is 21.8. The fourth-order valence-corrected chi connectivity index (χ4v) is 4.70. The van der Waals surface area contributed by atoms with Crippen molar-refractivity contribution in [2.24, 2.45) is 0 Å². The minimum absolute atomic E-state index is 0.0680. The second-order valence-electron chi connectivity index (χ2n) is 9.20. The van der Waals surface area contributed by atoms with Crippen molar-refractivity contribution in [1.29, 1.82) is 5.26 Å². The number of nitrogens with zero attached hydrogens (tertiary/aromatic N) is 7. The van der Waals surface area contributed by atoms with Gasteiger partial charge in [-0.3, -0.25) is 9.20 Å². The molecule has 11 nitrogen and oxygen atoms in total. The largest absolute Gasteiger partial charge is 0.393 e. The van der Waals surface area contributed by atoms with Crippen LogP contribution in [-0.4, -0.2) is 64.9 Å². The van der Waals surface area contributed by atoms with Crippen LogP contribution in [0, 0.1) is 17.1 Å². The number of likely N-dealkylation sites (tertiary alicyclic amines) is 1. The maximum atomic E-state index is 14.6. The van der Waals surface area contributed by atoms with Crippen LogP contribution in [-0.2, 0) is 12.1 Å². The Morgan fingerprint density at radius 2 is 2.00 bits per heavy atom. The topological polar surface area (TPSA) is 146 Å². The van der Waals surface area contributed by atoms with Crippen molar-refractivity contribution in [2.45, 2.75) is 43.9 Å². The maximum absolute atomic E-state index is 14.6. The normalized spacial score (nSPS) is 18.3. The molecule has 0 spiro atoms. The van der Waals surface area contributed by atoms with Gasteiger partial charge in [0.1, 0.15) is 40.6 Å². The highest BCUT2D eigenvalue weighted by Gasteiger charge is 2.48. The van der Waals surface area contributed by atoms with Gasteiger partial charge in [-0.05, 0) is 37.8 Å². The SMILES string of the molecule is N#Cc1c(F)ccc2c1n(CCN1CCC(O)CC1)c(=O)c1c(-c3noc(C4(O)CC4)n3)ncn12. The van der Waals surface area contributed by atoms with Gasteiger partial charge in [0.05, 0.1) is 17.1 Å². The van der Waals surface area contributed by atoms with Crippen LogP contribution in [0.4, 0.5) is 4.39 Å². The predicted molar refractivity (Wildman–Crippen MR) is 120 cm³/mol. The molecule has 1 saturated carbocycles. The number of aliphatic hydroxyl groups excluding tert-OH is 1. The lowest BCUT2D eigenvalue weighted by Crippen LogP contribution is -2.39. The highest BCUT2D eigenvalue weighted by atomic mass is 19.1. The standard InChI is InChI=1S/C23H22FN7O4/c24-15-1-2-16-18(14(15)11-25)30(10-9-29-7-3-13(32)4-8-29)21(33)19-17(26-12-31(16)19)20-27-22(35-28-20)23(34)5-6-23/h1-2,12-13,32,34H,3-10H2. The summed E-state index contributed by atoms with van der Waals surface area (Å²) in [6.07, 6.45) is 3.41. The Kier molecular flexibility index (Phi) is 4.96. The molecule has 0 radical (unpaired) electrons. The van der Waals surface area contributed by atoms with Crippen LogP contribution < -0.4 is 5.56 Å². The van der Waals surface area contributed by atoms with Gasteiger partial charge in [0, 0.05) is 26.2 Å². The van der Waals surface area contributed by atoms with E-state index in [-0.39, 0.29) is 46.7 Å². The van der Waals surface area contributed by atoms with Gasteiger partial charge in [-0.25, -0.2) is 9.37 Å². The first-order chi connectivity index (χ1) is 16.9. The van der Waals surface area contributed by atoms with Crippen LogP contribution in [0.1, 0.15) is 37.1 Å². The Bertz CT molecular complexity index is 1550. The molecule has 2 fully saturated rings. The van der Waals surface area contributed by atoms with Crippen LogP contribution in [0.2, 0.25) is 0 Å². The number of hydrogen-bond donors (Lipinski definition) is 2. The minimum atomic E-state index is -1.13. The fourth-order valence-electron chi connectivity index (χ4n) is 4.70. The second-order valence-corrected chi connectivity index (χ2v) is 9.20. The quantitative estimate of drug-likeness (QED) is 0.430. The molecule has 4 heterocycles. The molecule has 1 aliphatic heterocycles. The maximum Gasteiger partial charge on any atom is 0.277 e. The lowest BCUT2D eigenvalue weighted by atomic mass is 10.1. The highest BCUT2D eigenvalue weighted by molar-refractivity contribution is 5.87. The van der Waals surface area contributed by atoms with Crippen molar-refractivity contribution in [3.63, 3.8) is 0 Å². The van der Waals surface area contributed by atoms with E-state index in [2.05, 4.69) is 20.0 Å². The number of aliphatic hydroxyl groups is 2. The number of imidazole rings is 1. The average Bonchev–Trinajstić information content (AvgIpc) is 3.24. The van der Waals surface area contributed by atoms with E-state index < -0.39 is 17.0 Å². The number of aromatic nitrogens is 5. The molecule has 6 rings (SSSR count). The predicted octanol–water partition coefficient (Wildman–Crippen LogP) is 1.15. The summed E-state index contributed by atoms with van der Waals surface area (Å²) in [5.74, 6) is -0.566. The van der Waals surface area contributed by atoms with Gasteiger partial charge in [-0.15, -0.1) is 0 Å². The number of benzene rings is 1. The minimum Gasteiger partial charge on any atom is -0.393 e. The molecule has 1 aliphatic carbocycles. The molecule has 2 aliphatic rings. The van der Waals surface area contributed by atoms with Crippen LogP contribution in [0.5, 0.6) is 0 Å². The van der Waals surface area contributed by atoms with Crippen LogP contribution >= 0.6 is 0 Å². The Labute approximate surface area is 197 Å². The Hall–Kier alpha value is -3.66. The van der Waals surface area contributed by atoms with Crippen LogP contribution in [0.15, 0.2) is 27.8 Å². The van der Waals surface area contributed by atoms with Gasteiger partial charge in [0.15, 0.2) is 0 Å². The lowest BCUT2D eigenvalue weighted by molar-refractivity contribution is 0.0810. The molecule has 12 heteroatoms. The summed E-state index contributed by atoms with van der Waals surface area (Å²) in [6.45, 7) is 2.06. The summed E-state index contributed by atoms with van der Waals surface area (Å²) in [4.78, 5) is 24.5. The van der Waals surface area contributed by atoms with E-state index in [0.29, 0.717) is 50.8 Å². The van der Waals surface area contributed by atoms with E-state index in [1.807, 2.05) is 6.07 Å².